The van der Waals surface area contributed by atoms with Gasteiger partial charge < -0.3 is 0 Å². The van der Waals surface area contributed by atoms with Crippen LogP contribution in [0.25, 0.3) is 0 Å². The van der Waals surface area contributed by atoms with Crippen molar-refractivity contribution in [2.45, 2.75) is 29.9 Å². The zero-order valence-corrected chi connectivity index (χ0v) is 14.6. The van der Waals surface area contributed by atoms with E-state index in [9.17, 15) is 12.8 Å². The third-order valence-electron chi connectivity index (χ3n) is 3.31. The molecule has 0 radical (unpaired) electrons. The molecule has 0 aliphatic carbocycles. The summed E-state index contributed by atoms with van der Waals surface area (Å²) in [5.74, 6) is 0.0141. The second kappa shape index (κ2) is 5.94. The van der Waals surface area contributed by atoms with Crippen molar-refractivity contribution >= 4 is 37.7 Å². The third kappa shape index (κ3) is 3.55. The molecule has 2 rings (SSSR count). The Morgan fingerprint density at radius 3 is 2.70 bits per heavy atom. The van der Waals surface area contributed by atoms with Crippen LogP contribution in [0.1, 0.15) is 20.3 Å². The molecule has 1 fully saturated rings. The molecule has 3 nitrogen and oxygen atoms in total. The highest BCUT2D eigenvalue weighted by atomic mass is 79.9. The van der Waals surface area contributed by atoms with Crippen LogP contribution in [0.3, 0.4) is 0 Å². The van der Waals surface area contributed by atoms with E-state index in [2.05, 4.69) is 29.8 Å². The van der Waals surface area contributed by atoms with E-state index in [-0.39, 0.29) is 9.64 Å². The van der Waals surface area contributed by atoms with Crippen molar-refractivity contribution in [3.63, 3.8) is 0 Å². The summed E-state index contributed by atoms with van der Waals surface area (Å²) in [6.07, 6.45) is 0.759. The van der Waals surface area contributed by atoms with Crippen molar-refractivity contribution in [2.75, 3.05) is 18.8 Å². The van der Waals surface area contributed by atoms with Crippen LogP contribution in [0, 0.1) is 5.82 Å². The Kier molecular flexibility index (Phi) is 4.83. The zero-order chi connectivity index (χ0) is 15.0. The van der Waals surface area contributed by atoms with E-state index in [4.69, 9.17) is 0 Å². The molecule has 0 spiro atoms. The van der Waals surface area contributed by atoms with Gasteiger partial charge in [0.15, 0.2) is 0 Å². The van der Waals surface area contributed by atoms with E-state index >= 15 is 0 Å². The highest BCUT2D eigenvalue weighted by molar-refractivity contribution is 9.10. The van der Waals surface area contributed by atoms with Crippen LogP contribution in [0.15, 0.2) is 27.6 Å². The molecule has 0 amide bonds. The summed E-state index contributed by atoms with van der Waals surface area (Å²) >= 11 is 4.89. The molecule has 7 heteroatoms. The first-order chi connectivity index (χ1) is 9.22. The third-order valence-corrected chi connectivity index (χ3v) is 7.11. The minimum absolute atomic E-state index is 0.0581. The van der Waals surface area contributed by atoms with Crippen molar-refractivity contribution in [2.24, 2.45) is 0 Å². The van der Waals surface area contributed by atoms with Gasteiger partial charge in [-0.15, -0.1) is 0 Å². The first-order valence-electron chi connectivity index (χ1n) is 6.31. The van der Waals surface area contributed by atoms with Crippen LogP contribution in [-0.2, 0) is 10.0 Å². The predicted octanol–water partition coefficient (Wildman–Crippen LogP) is 3.49. The summed E-state index contributed by atoms with van der Waals surface area (Å²) in [5.41, 5.74) is 0. The van der Waals surface area contributed by atoms with Gasteiger partial charge in [-0.2, -0.15) is 16.1 Å². The number of nitrogens with zero attached hydrogens (tertiary/aromatic N) is 1. The first kappa shape index (κ1) is 16.3. The molecule has 0 aromatic heterocycles. The molecule has 1 aliphatic rings. The average molecular weight is 382 g/mol. The molecule has 0 unspecified atom stereocenters. The Morgan fingerprint density at radius 2 is 2.05 bits per heavy atom. The van der Waals surface area contributed by atoms with Gasteiger partial charge in [0.05, 0.1) is 0 Å². The summed E-state index contributed by atoms with van der Waals surface area (Å²) in [6.45, 7) is 5.06. The van der Waals surface area contributed by atoms with Crippen LogP contribution < -0.4 is 0 Å². The summed E-state index contributed by atoms with van der Waals surface area (Å²) in [7, 11) is -3.76. The monoisotopic (exact) mass is 381 g/mol. The van der Waals surface area contributed by atoms with Crippen molar-refractivity contribution in [3.05, 3.63) is 28.5 Å². The lowest BCUT2D eigenvalue weighted by molar-refractivity contribution is 0.412. The minimum Gasteiger partial charge on any atom is -0.207 e. The van der Waals surface area contributed by atoms with Crippen molar-refractivity contribution in [3.8, 4) is 0 Å². The van der Waals surface area contributed by atoms with E-state index in [1.54, 1.807) is 17.8 Å². The van der Waals surface area contributed by atoms with Gasteiger partial charge in [-0.1, -0.05) is 29.8 Å². The fraction of sp³-hybridized carbons (Fsp3) is 0.538. The number of hydrogen-bond donors (Lipinski definition) is 0. The van der Waals surface area contributed by atoms with Gasteiger partial charge in [0, 0.05) is 28.1 Å². The van der Waals surface area contributed by atoms with Gasteiger partial charge in [0.1, 0.15) is 10.7 Å². The molecule has 0 atom stereocenters. The minimum atomic E-state index is -3.76. The van der Waals surface area contributed by atoms with Crippen LogP contribution in [0.4, 0.5) is 4.39 Å². The maximum atomic E-state index is 13.9. The fourth-order valence-corrected chi connectivity index (χ4v) is 5.10. The fourth-order valence-electron chi connectivity index (χ4n) is 2.07. The summed E-state index contributed by atoms with van der Waals surface area (Å²) in [5, 5.41) is 0. The number of rotatable bonds is 2. The summed E-state index contributed by atoms with van der Waals surface area (Å²) in [6, 6.07) is 4.05. The Hall–Kier alpha value is -0.110. The summed E-state index contributed by atoms with van der Waals surface area (Å²) in [4.78, 5) is -0.245. The van der Waals surface area contributed by atoms with E-state index in [1.165, 1.54) is 16.4 Å². The molecular formula is C13H17BrFNO2S2. The lowest BCUT2D eigenvalue weighted by atomic mass is 10.1. The highest BCUT2D eigenvalue weighted by Crippen LogP contribution is 2.33. The molecule has 1 aliphatic heterocycles. The van der Waals surface area contributed by atoms with Crippen molar-refractivity contribution in [1.82, 2.24) is 4.31 Å². The Labute approximate surface area is 132 Å². The topological polar surface area (TPSA) is 37.4 Å². The zero-order valence-electron chi connectivity index (χ0n) is 11.4. The number of halogens is 2. The molecule has 20 heavy (non-hydrogen) atoms. The van der Waals surface area contributed by atoms with Gasteiger partial charge in [0.25, 0.3) is 0 Å². The SMILES string of the molecule is CC1(C)CCN(S(=O)(=O)c2ccc(Br)cc2F)CCS1. The van der Waals surface area contributed by atoms with Gasteiger partial charge in [-0.25, -0.2) is 12.8 Å². The maximum absolute atomic E-state index is 13.9. The Bertz CT molecular complexity index is 604. The Morgan fingerprint density at radius 1 is 1.35 bits per heavy atom. The van der Waals surface area contributed by atoms with E-state index < -0.39 is 15.8 Å². The van der Waals surface area contributed by atoms with Crippen LogP contribution in [0.5, 0.6) is 0 Å². The van der Waals surface area contributed by atoms with Crippen LogP contribution >= 0.6 is 27.7 Å². The van der Waals surface area contributed by atoms with Crippen molar-refractivity contribution in [1.29, 1.82) is 0 Å². The largest absolute Gasteiger partial charge is 0.246 e. The molecule has 1 heterocycles. The number of hydrogen-bond acceptors (Lipinski definition) is 3. The molecule has 1 saturated heterocycles. The maximum Gasteiger partial charge on any atom is 0.246 e. The summed E-state index contributed by atoms with van der Waals surface area (Å²) < 4.78 is 41.0. The van der Waals surface area contributed by atoms with E-state index in [1.807, 2.05) is 0 Å². The number of benzene rings is 1. The molecule has 112 valence electrons. The molecule has 0 N–H and O–H groups in total. The normalized spacial score (nSPS) is 20.6. The smallest absolute Gasteiger partial charge is 0.207 e. The average Bonchev–Trinajstić information content (AvgIpc) is 2.50. The van der Waals surface area contributed by atoms with Crippen molar-refractivity contribution < 1.29 is 12.8 Å². The van der Waals surface area contributed by atoms with Gasteiger partial charge in [0.2, 0.25) is 10.0 Å². The lowest BCUT2D eigenvalue weighted by Crippen LogP contribution is -2.34. The standard InChI is InChI=1S/C13H17BrFNO2S2/c1-13(2)5-6-16(7-8-19-13)20(17,18)12-4-3-10(14)9-11(12)15/h3-4,9H,5-8H2,1-2H3. The van der Waals surface area contributed by atoms with Gasteiger partial charge >= 0.3 is 0 Å². The molecular weight excluding hydrogens is 365 g/mol. The molecule has 0 saturated carbocycles. The quantitative estimate of drug-likeness (QED) is 0.786. The van der Waals surface area contributed by atoms with Crippen LogP contribution in [0.2, 0.25) is 0 Å². The Balaban J connectivity index is 2.30. The second-order valence-corrected chi connectivity index (χ2v) is 9.96. The lowest BCUT2D eigenvalue weighted by Gasteiger charge is -2.22. The van der Waals surface area contributed by atoms with E-state index in [0.717, 1.165) is 12.2 Å². The predicted molar refractivity (Wildman–Crippen MR) is 84.0 cm³/mol. The highest BCUT2D eigenvalue weighted by Gasteiger charge is 2.32. The number of sulfonamides is 1. The van der Waals surface area contributed by atoms with E-state index in [0.29, 0.717) is 17.6 Å². The second-order valence-electron chi connectivity index (χ2n) is 5.34. The number of thioether (sulfide) groups is 1. The molecule has 1 aromatic carbocycles. The molecule has 0 bridgehead atoms. The van der Waals surface area contributed by atoms with Gasteiger partial charge in [-0.05, 0) is 24.6 Å². The first-order valence-corrected chi connectivity index (χ1v) is 9.53. The molecule has 1 aromatic rings. The van der Waals surface area contributed by atoms with Gasteiger partial charge in [-0.3, -0.25) is 0 Å². The van der Waals surface area contributed by atoms with Crippen LogP contribution in [-0.4, -0.2) is 36.3 Å².